The molecule has 9 heteroatoms. The van der Waals surface area contributed by atoms with E-state index in [1.54, 1.807) is 24.3 Å². The quantitative estimate of drug-likeness (QED) is 0.477. The molecule has 23 heavy (non-hydrogen) atoms. The molecule has 0 aromatic heterocycles. The molecular weight excluding hydrogens is 333 g/mol. The first-order valence-electron chi connectivity index (χ1n) is 6.83. The maximum atomic E-state index is 11.7. The van der Waals surface area contributed by atoms with Gasteiger partial charge in [0.05, 0.1) is 0 Å². The number of nitrogens with one attached hydrogen (secondary N) is 1. The summed E-state index contributed by atoms with van der Waals surface area (Å²) in [6, 6.07) is 7.52. The van der Waals surface area contributed by atoms with Crippen LogP contribution in [-0.2, 0) is 26.3 Å². The van der Waals surface area contributed by atoms with E-state index in [0.29, 0.717) is 0 Å². The van der Waals surface area contributed by atoms with Crippen molar-refractivity contribution in [3.8, 4) is 0 Å². The van der Waals surface area contributed by atoms with Crippen molar-refractivity contribution < 1.29 is 56.9 Å². The average Bonchev–Trinajstić information content (AvgIpc) is 3.28. The predicted octanol–water partition coefficient (Wildman–Crippen LogP) is -1.84. The summed E-state index contributed by atoms with van der Waals surface area (Å²) in [5, 5.41) is 0.658. The molecule has 1 atom stereocenters. The van der Waals surface area contributed by atoms with Crippen LogP contribution in [0.3, 0.4) is 0 Å². The first-order valence-corrected chi connectivity index (χ1v) is 8.24. The SMILES string of the molecule is O=C(N[C@@H](CC1CC1)C(=O)S(=O)(=O)[O-])OCc1ccccc1.[Na+]. The van der Waals surface area contributed by atoms with Gasteiger partial charge in [0.15, 0.2) is 10.1 Å². The number of benzene rings is 1. The van der Waals surface area contributed by atoms with E-state index in [1.807, 2.05) is 6.07 Å². The summed E-state index contributed by atoms with van der Waals surface area (Å²) in [4.78, 5) is 23.2. The zero-order valence-corrected chi connectivity index (χ0v) is 15.5. The summed E-state index contributed by atoms with van der Waals surface area (Å²) in [5.41, 5.74) is 0.749. The van der Waals surface area contributed by atoms with Crippen LogP contribution in [0, 0.1) is 5.92 Å². The Hall–Kier alpha value is -0.930. The molecule has 1 saturated carbocycles. The van der Waals surface area contributed by atoms with Gasteiger partial charge in [-0.25, -0.2) is 13.2 Å². The van der Waals surface area contributed by atoms with Crippen LogP contribution in [0.1, 0.15) is 24.8 Å². The monoisotopic (exact) mass is 349 g/mol. The van der Waals surface area contributed by atoms with Crippen LogP contribution < -0.4 is 34.9 Å². The van der Waals surface area contributed by atoms with Crippen LogP contribution in [-0.4, -0.2) is 30.2 Å². The Morgan fingerprint density at radius 3 is 2.39 bits per heavy atom. The number of carbonyl (C=O) groups excluding carboxylic acids is 2. The number of ether oxygens (including phenoxy) is 1. The van der Waals surface area contributed by atoms with Crippen LogP contribution >= 0.6 is 0 Å². The summed E-state index contributed by atoms with van der Waals surface area (Å²) >= 11 is 0. The zero-order chi connectivity index (χ0) is 16.2. The van der Waals surface area contributed by atoms with Crippen LogP contribution in [0.25, 0.3) is 0 Å². The number of alkyl carbamates (subject to hydrolysis) is 1. The van der Waals surface area contributed by atoms with Gasteiger partial charge in [-0.05, 0) is 17.9 Å². The molecule has 0 aliphatic heterocycles. The normalized spacial score (nSPS) is 15.2. The minimum absolute atomic E-state index is 0. The van der Waals surface area contributed by atoms with Crippen LogP contribution in [0.4, 0.5) is 4.79 Å². The van der Waals surface area contributed by atoms with Gasteiger partial charge in [-0.3, -0.25) is 4.79 Å². The number of amides is 1. The van der Waals surface area contributed by atoms with Crippen molar-refractivity contribution in [3.05, 3.63) is 35.9 Å². The molecule has 1 fully saturated rings. The van der Waals surface area contributed by atoms with E-state index >= 15 is 0 Å². The number of carbonyl (C=O) groups is 2. The standard InChI is InChI=1S/C14H17NO6S.Na/c16-13(22(18,19)20)12(8-10-6-7-10)15-14(17)21-9-11-4-2-1-3-5-11;/h1-5,10,12H,6-9H2,(H,15,17)(H,18,19,20);/q;+1/p-1/t12-;/m0./s1. The van der Waals surface area contributed by atoms with Gasteiger partial charge in [-0.15, -0.1) is 0 Å². The largest absolute Gasteiger partial charge is 1.00 e. The van der Waals surface area contributed by atoms with Gasteiger partial charge in [-0.2, -0.15) is 0 Å². The van der Waals surface area contributed by atoms with Crippen molar-refractivity contribution in [2.75, 3.05) is 0 Å². The molecule has 0 bridgehead atoms. The van der Waals surface area contributed by atoms with Crippen molar-refractivity contribution in [2.24, 2.45) is 5.92 Å². The molecule has 1 N–H and O–H groups in total. The fraction of sp³-hybridized carbons (Fsp3) is 0.429. The summed E-state index contributed by atoms with van der Waals surface area (Å²) in [6.45, 7) is -0.0128. The first kappa shape index (κ1) is 20.1. The molecule has 1 aromatic carbocycles. The third-order valence-electron chi connectivity index (χ3n) is 3.30. The van der Waals surface area contributed by atoms with Crippen LogP contribution in [0.5, 0.6) is 0 Å². The van der Waals surface area contributed by atoms with Gasteiger partial charge < -0.3 is 14.6 Å². The number of hydrogen-bond donors (Lipinski definition) is 1. The molecule has 2 rings (SSSR count). The maximum absolute atomic E-state index is 11.7. The van der Waals surface area contributed by atoms with E-state index in [-0.39, 0.29) is 48.5 Å². The number of hydrogen-bond acceptors (Lipinski definition) is 6. The van der Waals surface area contributed by atoms with Crippen molar-refractivity contribution in [3.63, 3.8) is 0 Å². The minimum atomic E-state index is -5.09. The maximum Gasteiger partial charge on any atom is 1.00 e. The zero-order valence-electron chi connectivity index (χ0n) is 12.7. The van der Waals surface area contributed by atoms with Crippen LogP contribution in [0.15, 0.2) is 30.3 Å². The van der Waals surface area contributed by atoms with Gasteiger partial charge in [0, 0.05) is 0 Å². The van der Waals surface area contributed by atoms with Gasteiger partial charge in [0.25, 0.3) is 5.12 Å². The molecule has 1 amide bonds. The summed E-state index contributed by atoms with van der Waals surface area (Å²) in [5.74, 6) is 0.158. The van der Waals surface area contributed by atoms with E-state index in [1.165, 1.54) is 0 Å². The van der Waals surface area contributed by atoms with E-state index in [9.17, 15) is 22.6 Å². The van der Waals surface area contributed by atoms with E-state index in [4.69, 9.17) is 4.74 Å². The third-order valence-corrected chi connectivity index (χ3v) is 4.08. The molecule has 7 nitrogen and oxygen atoms in total. The fourth-order valence-electron chi connectivity index (χ4n) is 1.98. The first-order chi connectivity index (χ1) is 10.4. The molecule has 1 aliphatic carbocycles. The van der Waals surface area contributed by atoms with Gasteiger partial charge >= 0.3 is 35.7 Å². The molecule has 0 heterocycles. The van der Waals surface area contributed by atoms with Crippen molar-refractivity contribution in [2.45, 2.75) is 31.9 Å². The average molecular weight is 349 g/mol. The summed E-state index contributed by atoms with van der Waals surface area (Å²) in [6.07, 6.45) is 0.916. The second-order valence-corrected chi connectivity index (χ2v) is 6.52. The summed E-state index contributed by atoms with van der Waals surface area (Å²) < 4.78 is 37.4. The Kier molecular flexibility index (Phi) is 7.69. The minimum Gasteiger partial charge on any atom is -0.742 e. The predicted molar refractivity (Wildman–Crippen MR) is 75.6 cm³/mol. The Morgan fingerprint density at radius 1 is 1.26 bits per heavy atom. The molecule has 1 aliphatic rings. The third kappa shape index (κ3) is 7.01. The molecule has 0 radical (unpaired) electrons. The van der Waals surface area contributed by atoms with Crippen LogP contribution in [0.2, 0.25) is 0 Å². The van der Waals surface area contributed by atoms with Crippen molar-refractivity contribution in [1.29, 1.82) is 0 Å². The van der Waals surface area contributed by atoms with Gasteiger partial charge in [0.2, 0.25) is 0 Å². The van der Waals surface area contributed by atoms with E-state index in [0.717, 1.165) is 18.4 Å². The molecular formula is C14H16NNaO6S. The van der Waals surface area contributed by atoms with Crippen molar-refractivity contribution in [1.82, 2.24) is 5.32 Å². The Morgan fingerprint density at radius 2 is 1.87 bits per heavy atom. The molecule has 0 unspecified atom stereocenters. The molecule has 120 valence electrons. The van der Waals surface area contributed by atoms with Gasteiger partial charge in [-0.1, -0.05) is 43.2 Å². The van der Waals surface area contributed by atoms with Crippen molar-refractivity contribution >= 4 is 21.3 Å². The molecule has 0 saturated heterocycles. The molecule has 1 aromatic rings. The second-order valence-electron chi connectivity index (χ2n) is 5.21. The fourth-order valence-corrected chi connectivity index (χ4v) is 2.49. The Bertz CT molecular complexity index is 644. The molecule has 0 spiro atoms. The van der Waals surface area contributed by atoms with E-state index in [2.05, 4.69) is 5.32 Å². The van der Waals surface area contributed by atoms with Gasteiger partial charge in [0.1, 0.15) is 12.6 Å². The Labute approximate surface area is 156 Å². The second kappa shape index (κ2) is 8.79. The Balaban J connectivity index is 0.00000264. The number of rotatable bonds is 6. The van der Waals surface area contributed by atoms with E-state index < -0.39 is 27.4 Å². The summed E-state index contributed by atoms with van der Waals surface area (Å²) in [7, 11) is -5.09. The smallest absolute Gasteiger partial charge is 0.742 e. The topological polar surface area (TPSA) is 113 Å².